The maximum absolute atomic E-state index is 13.2. The van der Waals surface area contributed by atoms with Crippen LogP contribution in [0.3, 0.4) is 0 Å². The van der Waals surface area contributed by atoms with Crippen LogP contribution >= 0.6 is 15.9 Å². The summed E-state index contributed by atoms with van der Waals surface area (Å²) in [5, 5.41) is 0. The summed E-state index contributed by atoms with van der Waals surface area (Å²) in [6.45, 7) is 4.18. The van der Waals surface area contributed by atoms with Crippen molar-refractivity contribution in [1.29, 1.82) is 0 Å². The first-order valence-corrected chi connectivity index (χ1v) is 12.2. The number of nitrogens with zero attached hydrogens (tertiary/aromatic N) is 1. The van der Waals surface area contributed by atoms with E-state index in [0.29, 0.717) is 23.8 Å². The molecule has 0 spiro atoms. The van der Waals surface area contributed by atoms with E-state index in [1.807, 2.05) is 37.3 Å². The Labute approximate surface area is 208 Å². The van der Waals surface area contributed by atoms with E-state index in [9.17, 15) is 4.79 Å². The zero-order valence-corrected chi connectivity index (χ0v) is 20.9. The number of Topliss-reactive ketones (excluding diaryl/α,β-unsaturated/α-hetero) is 1. The Morgan fingerprint density at radius 3 is 2.74 bits per heavy atom. The maximum atomic E-state index is 13.2. The number of aryl methyl sites for hydroxylation is 1. The molecule has 6 heteroatoms. The van der Waals surface area contributed by atoms with Gasteiger partial charge in [0.2, 0.25) is 5.78 Å². The molecule has 0 amide bonds. The predicted molar refractivity (Wildman–Crippen MR) is 135 cm³/mol. The molecule has 0 fully saturated rings. The highest BCUT2D eigenvalue weighted by atomic mass is 79.9. The third-order valence-electron chi connectivity index (χ3n) is 6.26. The van der Waals surface area contributed by atoms with Gasteiger partial charge in [-0.25, -0.2) is 0 Å². The largest absolute Gasteiger partial charge is 0.496 e. The molecule has 3 aromatic carbocycles. The molecule has 0 saturated carbocycles. The van der Waals surface area contributed by atoms with Gasteiger partial charge in [0, 0.05) is 34.3 Å². The fourth-order valence-electron chi connectivity index (χ4n) is 4.55. The van der Waals surface area contributed by atoms with E-state index < -0.39 is 0 Å². The quantitative estimate of drug-likeness (QED) is 0.364. The zero-order chi connectivity index (χ0) is 23.7. The lowest BCUT2D eigenvalue weighted by molar-refractivity contribution is 0.0932. The molecule has 5 rings (SSSR count). The number of hydrogen-bond donors (Lipinski definition) is 0. The van der Waals surface area contributed by atoms with E-state index in [-0.39, 0.29) is 11.5 Å². The zero-order valence-electron chi connectivity index (χ0n) is 19.3. The molecule has 0 saturated heterocycles. The van der Waals surface area contributed by atoms with Gasteiger partial charge in [-0.05, 0) is 55.7 Å². The lowest BCUT2D eigenvalue weighted by Crippen LogP contribution is -2.33. The highest BCUT2D eigenvalue weighted by molar-refractivity contribution is 9.10. The van der Waals surface area contributed by atoms with Gasteiger partial charge in [0.05, 0.1) is 12.7 Å². The summed E-state index contributed by atoms with van der Waals surface area (Å²) in [6, 6.07) is 18.1. The standard InChI is InChI=1S/C28H26BrNO4/c1-18-27-21(16-30(17-33-27)12-6-9-19-7-4-3-5-8-19)14-23-26(31)25(34-28(18)23)15-20-13-22(29)10-11-24(20)32-2/h3-5,7-8,10-11,13-15H,6,9,12,16-17H2,1-2H3/b25-15-. The lowest BCUT2D eigenvalue weighted by Gasteiger charge is -2.30. The van der Waals surface area contributed by atoms with Crippen LogP contribution in [-0.2, 0) is 13.0 Å². The van der Waals surface area contributed by atoms with E-state index >= 15 is 0 Å². The summed E-state index contributed by atoms with van der Waals surface area (Å²) in [5.41, 5.74) is 4.61. The van der Waals surface area contributed by atoms with Crippen molar-refractivity contribution in [2.45, 2.75) is 26.3 Å². The van der Waals surface area contributed by atoms with Crippen molar-refractivity contribution in [1.82, 2.24) is 4.90 Å². The third-order valence-corrected chi connectivity index (χ3v) is 6.76. The summed E-state index contributed by atoms with van der Waals surface area (Å²) >= 11 is 3.48. The van der Waals surface area contributed by atoms with Crippen molar-refractivity contribution in [2.24, 2.45) is 0 Å². The number of halogens is 1. The molecular weight excluding hydrogens is 494 g/mol. The number of carbonyl (C=O) groups excluding carboxylic acids is 1. The molecule has 34 heavy (non-hydrogen) atoms. The second-order valence-corrected chi connectivity index (χ2v) is 9.52. The summed E-state index contributed by atoms with van der Waals surface area (Å²) in [4.78, 5) is 15.5. The number of fused-ring (bicyclic) bond motifs is 2. The first-order chi connectivity index (χ1) is 16.5. The highest BCUT2D eigenvalue weighted by Gasteiger charge is 2.33. The number of rotatable bonds is 6. The summed E-state index contributed by atoms with van der Waals surface area (Å²) < 4.78 is 18.5. The molecule has 0 aliphatic carbocycles. The van der Waals surface area contributed by atoms with Crippen LogP contribution in [0.15, 0.2) is 64.8 Å². The van der Waals surface area contributed by atoms with Gasteiger partial charge < -0.3 is 14.2 Å². The average Bonchev–Trinajstić information content (AvgIpc) is 3.15. The SMILES string of the molecule is COc1ccc(Br)cc1/C=C1\Oc2c(cc3c(c2C)OCN(CCCc2ccccc2)C3)C1=O. The van der Waals surface area contributed by atoms with Crippen molar-refractivity contribution in [3.63, 3.8) is 0 Å². The number of methoxy groups -OCH3 is 1. The molecule has 174 valence electrons. The van der Waals surface area contributed by atoms with Gasteiger partial charge in [0.15, 0.2) is 5.76 Å². The van der Waals surface area contributed by atoms with Crippen molar-refractivity contribution in [3.05, 3.63) is 92.6 Å². The molecule has 0 atom stereocenters. The van der Waals surface area contributed by atoms with E-state index in [1.165, 1.54) is 5.56 Å². The Balaban J connectivity index is 1.34. The Morgan fingerprint density at radius 1 is 1.12 bits per heavy atom. The highest BCUT2D eigenvalue weighted by Crippen LogP contribution is 2.43. The minimum absolute atomic E-state index is 0.121. The van der Waals surface area contributed by atoms with E-state index in [2.05, 4.69) is 45.1 Å². The fourth-order valence-corrected chi connectivity index (χ4v) is 4.93. The van der Waals surface area contributed by atoms with Crippen LogP contribution in [-0.4, -0.2) is 31.1 Å². The number of ether oxygens (including phenoxy) is 3. The second-order valence-electron chi connectivity index (χ2n) is 8.61. The Bertz CT molecular complexity index is 1270. The molecule has 0 unspecified atom stereocenters. The average molecular weight is 520 g/mol. The maximum Gasteiger partial charge on any atom is 0.231 e. The minimum Gasteiger partial charge on any atom is -0.496 e. The second kappa shape index (κ2) is 9.65. The van der Waals surface area contributed by atoms with Crippen LogP contribution in [0.1, 0.15) is 39.0 Å². The van der Waals surface area contributed by atoms with Gasteiger partial charge in [-0.2, -0.15) is 0 Å². The number of ketones is 1. The minimum atomic E-state index is -0.121. The lowest BCUT2D eigenvalue weighted by atomic mass is 9.99. The number of carbonyl (C=O) groups is 1. The smallest absolute Gasteiger partial charge is 0.231 e. The number of benzene rings is 3. The van der Waals surface area contributed by atoms with E-state index in [1.54, 1.807) is 13.2 Å². The van der Waals surface area contributed by atoms with Gasteiger partial charge in [0.25, 0.3) is 0 Å². The number of allylic oxidation sites excluding steroid dienone is 1. The summed E-state index contributed by atoms with van der Waals surface area (Å²) in [6.07, 6.45) is 3.82. The van der Waals surface area contributed by atoms with Crippen molar-refractivity contribution < 1.29 is 19.0 Å². The third kappa shape index (κ3) is 4.48. The summed E-state index contributed by atoms with van der Waals surface area (Å²) in [5.74, 6) is 2.25. The van der Waals surface area contributed by atoms with Crippen molar-refractivity contribution in [3.8, 4) is 17.2 Å². The molecule has 0 radical (unpaired) electrons. The normalized spacial score (nSPS) is 16.1. The predicted octanol–water partition coefficient (Wildman–Crippen LogP) is 6.17. The first-order valence-electron chi connectivity index (χ1n) is 11.4. The van der Waals surface area contributed by atoms with Crippen LogP contribution in [0.2, 0.25) is 0 Å². The molecule has 2 aliphatic heterocycles. The topological polar surface area (TPSA) is 48.0 Å². The first kappa shape index (κ1) is 22.7. The van der Waals surface area contributed by atoms with Crippen LogP contribution < -0.4 is 14.2 Å². The summed E-state index contributed by atoms with van der Waals surface area (Å²) in [7, 11) is 1.61. The molecule has 0 N–H and O–H groups in total. The molecule has 3 aromatic rings. The van der Waals surface area contributed by atoms with Gasteiger partial charge in [-0.1, -0.05) is 46.3 Å². The molecule has 2 heterocycles. The molecule has 0 aromatic heterocycles. The monoisotopic (exact) mass is 519 g/mol. The van der Waals surface area contributed by atoms with Crippen LogP contribution in [0.5, 0.6) is 17.2 Å². The van der Waals surface area contributed by atoms with Crippen LogP contribution in [0.25, 0.3) is 6.08 Å². The van der Waals surface area contributed by atoms with Crippen molar-refractivity contribution in [2.75, 3.05) is 20.4 Å². The Hall–Kier alpha value is -3.09. The van der Waals surface area contributed by atoms with Crippen LogP contribution in [0, 0.1) is 6.92 Å². The number of hydrogen-bond acceptors (Lipinski definition) is 5. The van der Waals surface area contributed by atoms with E-state index in [4.69, 9.17) is 14.2 Å². The molecule has 2 aliphatic rings. The van der Waals surface area contributed by atoms with Gasteiger partial charge in [0.1, 0.15) is 24.0 Å². The van der Waals surface area contributed by atoms with Gasteiger partial charge in [-0.15, -0.1) is 0 Å². The molecular formula is C28H26BrNO4. The van der Waals surface area contributed by atoms with Gasteiger partial charge in [-0.3, -0.25) is 9.69 Å². The van der Waals surface area contributed by atoms with Crippen LogP contribution in [0.4, 0.5) is 0 Å². The Morgan fingerprint density at radius 2 is 1.94 bits per heavy atom. The Kier molecular flexibility index (Phi) is 6.44. The van der Waals surface area contributed by atoms with Gasteiger partial charge >= 0.3 is 0 Å². The molecule has 0 bridgehead atoms. The van der Waals surface area contributed by atoms with E-state index in [0.717, 1.165) is 52.8 Å². The molecule has 5 nitrogen and oxygen atoms in total. The fraction of sp³-hybridized carbons (Fsp3) is 0.250. The van der Waals surface area contributed by atoms with Crippen molar-refractivity contribution >= 4 is 27.8 Å².